The highest BCUT2D eigenvalue weighted by atomic mass is 35.5. The summed E-state index contributed by atoms with van der Waals surface area (Å²) < 4.78 is 5.79. The Morgan fingerprint density at radius 1 is 1.08 bits per heavy atom. The van der Waals surface area contributed by atoms with Crippen molar-refractivity contribution in [3.05, 3.63) is 80.0 Å². The lowest BCUT2D eigenvalue weighted by Gasteiger charge is -2.10. The van der Waals surface area contributed by atoms with Crippen LogP contribution in [0.25, 0.3) is 0 Å². The van der Waals surface area contributed by atoms with Crippen LogP contribution < -0.4 is 10.1 Å². The summed E-state index contributed by atoms with van der Waals surface area (Å²) in [4.78, 5) is 13.2. The number of nitrogens with one attached hydrogen (secondary N) is 1. The van der Waals surface area contributed by atoms with Crippen molar-refractivity contribution >= 4 is 34.5 Å². The largest absolute Gasteiger partial charge is 0.489 e. The molecule has 0 atom stereocenters. The van der Waals surface area contributed by atoms with Crippen LogP contribution in [0.4, 0.5) is 5.69 Å². The molecule has 0 aliphatic carbocycles. The number of halogens is 1. The van der Waals surface area contributed by atoms with Crippen LogP contribution in [-0.4, -0.2) is 5.91 Å². The summed E-state index contributed by atoms with van der Waals surface area (Å²) in [5, 5.41) is 5.68. The molecule has 134 valence electrons. The van der Waals surface area contributed by atoms with Gasteiger partial charge in [-0.2, -0.15) is 0 Å². The van der Waals surface area contributed by atoms with Crippen molar-refractivity contribution in [3.63, 3.8) is 0 Å². The lowest BCUT2D eigenvalue weighted by atomic mass is 10.1. The molecule has 1 aromatic heterocycles. The number of ether oxygens (including phenoxy) is 1. The average Bonchev–Trinajstić information content (AvgIpc) is 3.08. The number of amides is 1. The van der Waals surface area contributed by atoms with Crippen LogP contribution in [0, 0.1) is 20.8 Å². The summed E-state index contributed by atoms with van der Waals surface area (Å²) in [5.41, 5.74) is 4.92. The Bertz CT molecular complexity index is 929. The van der Waals surface area contributed by atoms with Gasteiger partial charge in [0.15, 0.2) is 0 Å². The SMILES string of the molecule is Cc1cc(OCc2csc(C(=O)Nc3c(C)cccc3C)c2)ccc1Cl. The van der Waals surface area contributed by atoms with E-state index in [-0.39, 0.29) is 5.91 Å². The number of rotatable bonds is 5. The van der Waals surface area contributed by atoms with Gasteiger partial charge in [-0.15, -0.1) is 11.3 Å². The van der Waals surface area contributed by atoms with E-state index in [4.69, 9.17) is 16.3 Å². The highest BCUT2D eigenvalue weighted by Gasteiger charge is 2.12. The summed E-state index contributed by atoms with van der Waals surface area (Å²) in [7, 11) is 0. The predicted octanol–water partition coefficient (Wildman–Crippen LogP) is 6.16. The fourth-order valence-corrected chi connectivity index (χ4v) is 3.54. The predicted molar refractivity (Wildman–Crippen MR) is 109 cm³/mol. The van der Waals surface area contributed by atoms with E-state index in [1.807, 2.05) is 68.6 Å². The number of carbonyl (C=O) groups is 1. The van der Waals surface area contributed by atoms with Gasteiger partial charge in [-0.05, 0) is 67.1 Å². The van der Waals surface area contributed by atoms with Crippen LogP contribution >= 0.6 is 22.9 Å². The number of benzene rings is 2. The Hall–Kier alpha value is -2.30. The molecule has 0 unspecified atom stereocenters. The molecule has 5 heteroatoms. The highest BCUT2D eigenvalue weighted by Crippen LogP contribution is 2.24. The van der Waals surface area contributed by atoms with Crippen LogP contribution in [0.5, 0.6) is 5.75 Å². The molecule has 3 nitrogen and oxygen atoms in total. The molecule has 3 rings (SSSR count). The summed E-state index contributed by atoms with van der Waals surface area (Å²) in [6.07, 6.45) is 0. The summed E-state index contributed by atoms with van der Waals surface area (Å²) in [6.45, 7) is 6.33. The molecule has 26 heavy (non-hydrogen) atoms. The molecule has 0 aliphatic heterocycles. The smallest absolute Gasteiger partial charge is 0.265 e. The zero-order chi connectivity index (χ0) is 18.7. The van der Waals surface area contributed by atoms with E-state index in [2.05, 4.69) is 5.32 Å². The third kappa shape index (κ3) is 4.26. The second-order valence-electron chi connectivity index (χ2n) is 6.24. The Kier molecular flexibility index (Phi) is 5.64. The molecule has 1 amide bonds. The van der Waals surface area contributed by atoms with Crippen molar-refractivity contribution in [2.75, 3.05) is 5.32 Å². The van der Waals surface area contributed by atoms with Crippen molar-refractivity contribution in [3.8, 4) is 5.75 Å². The quantitative estimate of drug-likeness (QED) is 0.571. The number of thiophene rings is 1. The van der Waals surface area contributed by atoms with Gasteiger partial charge in [0.25, 0.3) is 5.91 Å². The first-order valence-electron chi connectivity index (χ1n) is 8.28. The summed E-state index contributed by atoms with van der Waals surface area (Å²) in [5.74, 6) is 0.667. The third-order valence-corrected chi connectivity index (χ3v) is 5.53. The number of carbonyl (C=O) groups excluding carboxylic acids is 1. The first-order chi connectivity index (χ1) is 12.4. The van der Waals surface area contributed by atoms with E-state index in [0.717, 1.165) is 38.7 Å². The Morgan fingerprint density at radius 3 is 2.50 bits per heavy atom. The lowest BCUT2D eigenvalue weighted by Crippen LogP contribution is -2.12. The topological polar surface area (TPSA) is 38.3 Å². The second-order valence-corrected chi connectivity index (χ2v) is 7.56. The minimum atomic E-state index is -0.0963. The zero-order valence-corrected chi connectivity index (χ0v) is 16.5. The molecular weight excluding hydrogens is 366 g/mol. The lowest BCUT2D eigenvalue weighted by molar-refractivity contribution is 0.103. The van der Waals surface area contributed by atoms with Gasteiger partial charge in [-0.25, -0.2) is 0 Å². The highest BCUT2D eigenvalue weighted by molar-refractivity contribution is 7.12. The van der Waals surface area contributed by atoms with Gasteiger partial charge >= 0.3 is 0 Å². The standard InChI is InChI=1S/C21H20ClNO2S/c1-13-5-4-6-14(2)20(13)23-21(24)19-10-16(12-26-19)11-25-17-7-8-18(22)15(3)9-17/h4-10,12H,11H2,1-3H3,(H,23,24). The van der Waals surface area contributed by atoms with Crippen molar-refractivity contribution in [2.24, 2.45) is 0 Å². The number of aryl methyl sites for hydroxylation is 3. The van der Waals surface area contributed by atoms with Crippen LogP contribution in [0.1, 0.15) is 31.9 Å². The maximum Gasteiger partial charge on any atom is 0.265 e. The normalized spacial score (nSPS) is 10.6. The molecule has 0 aliphatic rings. The van der Waals surface area contributed by atoms with E-state index in [9.17, 15) is 4.79 Å². The molecular formula is C21H20ClNO2S. The van der Waals surface area contributed by atoms with Gasteiger partial charge < -0.3 is 10.1 Å². The number of para-hydroxylation sites is 1. The summed E-state index contributed by atoms with van der Waals surface area (Å²) in [6, 6.07) is 13.4. The van der Waals surface area contributed by atoms with Crippen LogP contribution in [-0.2, 0) is 6.61 Å². The fourth-order valence-electron chi connectivity index (χ4n) is 2.63. The van der Waals surface area contributed by atoms with Crippen LogP contribution in [0.3, 0.4) is 0 Å². The molecule has 0 bridgehead atoms. The number of anilines is 1. The minimum absolute atomic E-state index is 0.0963. The van der Waals surface area contributed by atoms with Gasteiger partial charge in [0.2, 0.25) is 0 Å². The first kappa shape index (κ1) is 18.5. The van der Waals surface area contributed by atoms with Crippen LogP contribution in [0.2, 0.25) is 5.02 Å². The van der Waals surface area contributed by atoms with E-state index < -0.39 is 0 Å². The molecule has 0 saturated carbocycles. The number of hydrogen-bond donors (Lipinski definition) is 1. The van der Waals surface area contributed by atoms with Crippen molar-refractivity contribution in [1.29, 1.82) is 0 Å². The van der Waals surface area contributed by atoms with Gasteiger partial charge in [0.1, 0.15) is 12.4 Å². The molecule has 0 radical (unpaired) electrons. The molecule has 0 saturated heterocycles. The van der Waals surface area contributed by atoms with Crippen molar-refractivity contribution in [2.45, 2.75) is 27.4 Å². The van der Waals surface area contributed by atoms with Gasteiger partial charge in [0, 0.05) is 16.3 Å². The molecule has 1 heterocycles. The van der Waals surface area contributed by atoms with Gasteiger partial charge in [-0.3, -0.25) is 4.79 Å². The minimum Gasteiger partial charge on any atom is -0.489 e. The second kappa shape index (κ2) is 7.94. The average molecular weight is 386 g/mol. The molecule has 1 N–H and O–H groups in total. The van der Waals surface area contributed by atoms with E-state index in [1.54, 1.807) is 0 Å². The molecule has 0 spiro atoms. The van der Waals surface area contributed by atoms with E-state index >= 15 is 0 Å². The zero-order valence-electron chi connectivity index (χ0n) is 14.9. The Morgan fingerprint density at radius 2 is 1.81 bits per heavy atom. The first-order valence-corrected chi connectivity index (χ1v) is 9.53. The monoisotopic (exact) mass is 385 g/mol. The third-order valence-electron chi connectivity index (χ3n) is 4.13. The molecule has 0 fully saturated rings. The fraction of sp³-hybridized carbons (Fsp3) is 0.190. The summed E-state index contributed by atoms with van der Waals surface area (Å²) >= 11 is 7.44. The van der Waals surface area contributed by atoms with Crippen LogP contribution in [0.15, 0.2) is 47.8 Å². The van der Waals surface area contributed by atoms with E-state index in [1.165, 1.54) is 11.3 Å². The maximum absolute atomic E-state index is 12.5. The molecule has 2 aromatic carbocycles. The molecule has 3 aromatic rings. The van der Waals surface area contributed by atoms with E-state index in [0.29, 0.717) is 11.5 Å². The van der Waals surface area contributed by atoms with Gasteiger partial charge in [0.05, 0.1) is 4.88 Å². The Balaban J connectivity index is 1.65. The maximum atomic E-state index is 12.5. The van der Waals surface area contributed by atoms with Gasteiger partial charge in [-0.1, -0.05) is 29.8 Å². The van der Waals surface area contributed by atoms with Crippen molar-refractivity contribution in [1.82, 2.24) is 0 Å². The Labute approximate surface area is 162 Å². The number of hydrogen-bond acceptors (Lipinski definition) is 3. The van der Waals surface area contributed by atoms with Crippen molar-refractivity contribution < 1.29 is 9.53 Å².